The van der Waals surface area contributed by atoms with E-state index >= 15 is 0 Å². The number of hydrogen-bond donors (Lipinski definition) is 2. The average Bonchev–Trinajstić information content (AvgIpc) is 3.17. The average molecular weight is 314 g/mol. The lowest BCUT2D eigenvalue weighted by Crippen LogP contribution is -2.26. The smallest absolute Gasteiger partial charge is 0.397 e. The number of thiazole rings is 1. The van der Waals surface area contributed by atoms with Gasteiger partial charge in [0.2, 0.25) is 5.06 Å². The number of nitrogens with one attached hydrogen (secondary N) is 2. The van der Waals surface area contributed by atoms with Crippen molar-refractivity contribution in [3.05, 3.63) is 53.9 Å². The molecule has 2 heterocycles. The van der Waals surface area contributed by atoms with Crippen molar-refractivity contribution >= 4 is 17.4 Å². The number of carbonyl (C=O) groups excluding carboxylic acids is 1. The fourth-order valence-corrected chi connectivity index (χ4v) is 2.75. The molecular weight excluding hydrogens is 300 g/mol. The maximum Gasteiger partial charge on any atom is 0.413 e. The second-order valence-electron chi connectivity index (χ2n) is 4.59. The normalized spacial score (nSPS) is 10.4. The van der Waals surface area contributed by atoms with Gasteiger partial charge in [-0.2, -0.15) is 5.10 Å². The third kappa shape index (κ3) is 3.32. The van der Waals surface area contributed by atoms with E-state index in [-0.39, 0.29) is 0 Å². The number of amides is 1. The number of hydrogen-bond acceptors (Lipinski definition) is 5. The number of rotatable bonds is 4. The molecule has 0 saturated heterocycles. The van der Waals surface area contributed by atoms with Gasteiger partial charge in [0.25, 0.3) is 0 Å². The number of ether oxygens (including phenoxy) is 1. The molecule has 7 heteroatoms. The van der Waals surface area contributed by atoms with Crippen molar-refractivity contribution in [3.63, 3.8) is 0 Å². The molecule has 22 heavy (non-hydrogen) atoms. The summed E-state index contributed by atoms with van der Waals surface area (Å²) in [5.41, 5.74) is 2.48. The Kier molecular flexibility index (Phi) is 4.15. The molecule has 3 aromatic rings. The zero-order valence-electron chi connectivity index (χ0n) is 11.9. The highest BCUT2D eigenvalue weighted by Crippen LogP contribution is 2.32. The quantitative estimate of drug-likeness (QED) is 0.775. The Labute approximate surface area is 131 Å². The molecule has 6 nitrogen and oxygen atoms in total. The highest BCUT2D eigenvalue weighted by molar-refractivity contribution is 7.17. The van der Waals surface area contributed by atoms with E-state index in [1.165, 1.54) is 11.3 Å². The minimum atomic E-state index is -0.494. The second kappa shape index (κ2) is 6.40. The van der Waals surface area contributed by atoms with Gasteiger partial charge in [-0.15, -0.1) is 0 Å². The summed E-state index contributed by atoms with van der Waals surface area (Å²) in [7, 11) is 0. The molecule has 0 bridgehead atoms. The number of H-pyrrole nitrogens is 1. The molecular formula is C15H14N4O2S. The first-order valence-electron chi connectivity index (χ1n) is 6.69. The Hall–Kier alpha value is -2.67. The summed E-state index contributed by atoms with van der Waals surface area (Å²) in [6, 6.07) is 11.5. The molecule has 0 aliphatic carbocycles. The van der Waals surface area contributed by atoms with Crippen molar-refractivity contribution < 1.29 is 9.53 Å². The summed E-state index contributed by atoms with van der Waals surface area (Å²) >= 11 is 1.30. The molecule has 0 atom stereocenters. The van der Waals surface area contributed by atoms with Crippen LogP contribution in [0.5, 0.6) is 5.06 Å². The summed E-state index contributed by atoms with van der Waals surface area (Å²) in [6.07, 6.45) is 1.16. The van der Waals surface area contributed by atoms with Crippen LogP contribution < -0.4 is 10.1 Å². The van der Waals surface area contributed by atoms with Crippen LogP contribution in [0.3, 0.4) is 0 Å². The van der Waals surface area contributed by atoms with Crippen LogP contribution in [0.4, 0.5) is 4.79 Å². The van der Waals surface area contributed by atoms with Gasteiger partial charge in [0.1, 0.15) is 5.01 Å². The molecule has 0 saturated carbocycles. The van der Waals surface area contributed by atoms with Crippen LogP contribution in [0.15, 0.2) is 42.6 Å². The van der Waals surface area contributed by atoms with Crippen LogP contribution in [-0.4, -0.2) is 21.3 Å². The first kappa shape index (κ1) is 14.3. The fraction of sp³-hybridized carbons (Fsp3) is 0.133. The number of aryl methyl sites for hydroxylation is 1. The summed E-state index contributed by atoms with van der Waals surface area (Å²) in [5.74, 6) is 0. The molecule has 112 valence electrons. The first-order chi connectivity index (χ1) is 10.7. The van der Waals surface area contributed by atoms with Crippen LogP contribution in [-0.2, 0) is 6.54 Å². The van der Waals surface area contributed by atoms with Crippen molar-refractivity contribution in [2.24, 2.45) is 0 Å². The van der Waals surface area contributed by atoms with Gasteiger partial charge < -0.3 is 10.1 Å². The summed E-state index contributed by atoms with van der Waals surface area (Å²) < 4.78 is 5.32. The Morgan fingerprint density at radius 1 is 1.32 bits per heavy atom. The van der Waals surface area contributed by atoms with Crippen molar-refractivity contribution in [1.82, 2.24) is 20.5 Å². The lowest BCUT2D eigenvalue weighted by atomic mass is 10.2. The first-order valence-corrected chi connectivity index (χ1v) is 7.51. The van der Waals surface area contributed by atoms with Gasteiger partial charge in [0.15, 0.2) is 0 Å². The summed E-state index contributed by atoms with van der Waals surface area (Å²) in [4.78, 5) is 16.2. The zero-order valence-corrected chi connectivity index (χ0v) is 12.7. The van der Waals surface area contributed by atoms with E-state index in [0.717, 1.165) is 16.3 Å². The van der Waals surface area contributed by atoms with Gasteiger partial charge in [0.05, 0.1) is 11.4 Å². The highest BCUT2D eigenvalue weighted by Gasteiger charge is 2.14. The van der Waals surface area contributed by atoms with Gasteiger partial charge in [-0.1, -0.05) is 41.7 Å². The van der Waals surface area contributed by atoms with Gasteiger partial charge in [-0.3, -0.25) is 5.10 Å². The Balaban J connectivity index is 1.62. The van der Waals surface area contributed by atoms with Crippen LogP contribution in [0.25, 0.3) is 10.7 Å². The Bertz CT molecular complexity index is 753. The zero-order chi connectivity index (χ0) is 15.4. The molecule has 0 fully saturated rings. The lowest BCUT2D eigenvalue weighted by molar-refractivity contribution is 0.201. The van der Waals surface area contributed by atoms with Crippen LogP contribution >= 0.6 is 11.3 Å². The molecule has 1 amide bonds. The SMILES string of the molecule is Cc1nc(-c2ccn[nH]2)sc1OC(=O)NCc1ccccc1. The van der Waals surface area contributed by atoms with E-state index in [1.807, 2.05) is 36.4 Å². The van der Waals surface area contributed by atoms with E-state index in [4.69, 9.17) is 4.74 Å². The van der Waals surface area contributed by atoms with E-state index in [0.29, 0.717) is 17.3 Å². The van der Waals surface area contributed by atoms with Crippen LogP contribution in [0, 0.1) is 6.92 Å². The molecule has 0 unspecified atom stereocenters. The van der Waals surface area contributed by atoms with E-state index in [1.54, 1.807) is 13.1 Å². The Morgan fingerprint density at radius 3 is 2.86 bits per heavy atom. The number of carbonyl (C=O) groups is 1. The lowest BCUT2D eigenvalue weighted by Gasteiger charge is -2.05. The minimum Gasteiger partial charge on any atom is -0.397 e. The number of aromatic nitrogens is 3. The molecule has 3 rings (SSSR count). The van der Waals surface area contributed by atoms with Gasteiger partial charge in [-0.25, -0.2) is 9.78 Å². The van der Waals surface area contributed by atoms with Crippen molar-refractivity contribution in [2.75, 3.05) is 0 Å². The fourth-order valence-electron chi connectivity index (χ4n) is 1.86. The molecule has 0 aliphatic heterocycles. The van der Waals surface area contributed by atoms with Gasteiger partial charge >= 0.3 is 6.09 Å². The topological polar surface area (TPSA) is 79.9 Å². The monoisotopic (exact) mass is 314 g/mol. The predicted molar refractivity (Wildman–Crippen MR) is 83.7 cm³/mol. The van der Waals surface area contributed by atoms with E-state index < -0.39 is 6.09 Å². The van der Waals surface area contributed by atoms with E-state index in [2.05, 4.69) is 20.5 Å². The Morgan fingerprint density at radius 2 is 2.14 bits per heavy atom. The van der Waals surface area contributed by atoms with Gasteiger partial charge in [0, 0.05) is 12.7 Å². The van der Waals surface area contributed by atoms with Gasteiger partial charge in [-0.05, 0) is 18.6 Å². The van der Waals surface area contributed by atoms with Crippen LogP contribution in [0.2, 0.25) is 0 Å². The third-order valence-electron chi connectivity index (χ3n) is 2.95. The predicted octanol–water partition coefficient (Wildman–Crippen LogP) is 3.13. The second-order valence-corrected chi connectivity index (χ2v) is 5.55. The maximum atomic E-state index is 11.9. The number of aromatic amines is 1. The number of benzene rings is 1. The molecule has 0 radical (unpaired) electrons. The number of nitrogens with zero attached hydrogens (tertiary/aromatic N) is 2. The van der Waals surface area contributed by atoms with Crippen molar-refractivity contribution in [3.8, 4) is 15.8 Å². The van der Waals surface area contributed by atoms with Crippen molar-refractivity contribution in [1.29, 1.82) is 0 Å². The molecule has 0 aliphatic rings. The standard InChI is InChI=1S/C15H14N4O2S/c1-10-14(22-13(18-10)12-7-8-17-19-12)21-15(20)16-9-11-5-3-2-4-6-11/h2-8H,9H2,1H3,(H,16,20)(H,17,19). The molecule has 2 N–H and O–H groups in total. The minimum absolute atomic E-state index is 0.422. The molecule has 2 aromatic heterocycles. The van der Waals surface area contributed by atoms with Crippen LogP contribution in [0.1, 0.15) is 11.3 Å². The largest absolute Gasteiger partial charge is 0.413 e. The molecule has 0 spiro atoms. The molecule has 1 aromatic carbocycles. The maximum absolute atomic E-state index is 11.9. The third-order valence-corrected chi connectivity index (χ3v) is 4.02. The van der Waals surface area contributed by atoms with E-state index in [9.17, 15) is 4.79 Å². The highest BCUT2D eigenvalue weighted by atomic mass is 32.1. The summed E-state index contributed by atoms with van der Waals surface area (Å²) in [6.45, 7) is 2.22. The summed E-state index contributed by atoms with van der Waals surface area (Å²) in [5, 5.41) is 10.7. The van der Waals surface area contributed by atoms with Crippen molar-refractivity contribution in [2.45, 2.75) is 13.5 Å².